The Morgan fingerprint density at radius 3 is 2.38 bits per heavy atom. The highest BCUT2D eigenvalue weighted by atomic mass is 35.5. The van der Waals surface area contributed by atoms with Gasteiger partial charge < -0.3 is 4.74 Å². The summed E-state index contributed by atoms with van der Waals surface area (Å²) < 4.78 is 5.68. The molecule has 0 spiro atoms. The van der Waals surface area contributed by atoms with E-state index in [9.17, 15) is 0 Å². The second-order valence-electron chi connectivity index (χ2n) is 4.86. The highest BCUT2D eigenvalue weighted by Crippen LogP contribution is 2.17. The molecule has 2 aromatic carbocycles. The minimum Gasteiger partial charge on any atom is -0.494 e. The van der Waals surface area contributed by atoms with Crippen molar-refractivity contribution in [2.24, 2.45) is 4.99 Å². The first kappa shape index (κ1) is 15.6. The van der Waals surface area contributed by atoms with Crippen LogP contribution in [-0.4, -0.2) is 12.8 Å². The monoisotopic (exact) mass is 301 g/mol. The van der Waals surface area contributed by atoms with E-state index >= 15 is 0 Å². The third-order valence-corrected chi connectivity index (χ3v) is 3.34. The molecule has 0 amide bonds. The third-order valence-electron chi connectivity index (χ3n) is 3.09. The van der Waals surface area contributed by atoms with E-state index in [0.717, 1.165) is 35.1 Å². The van der Waals surface area contributed by atoms with Gasteiger partial charge in [-0.2, -0.15) is 0 Å². The summed E-state index contributed by atoms with van der Waals surface area (Å²) in [6.45, 7) is 2.97. The fourth-order valence-corrected chi connectivity index (χ4v) is 1.99. The summed E-state index contributed by atoms with van der Waals surface area (Å²) in [5.41, 5.74) is 1.94. The third kappa shape index (κ3) is 5.60. The van der Waals surface area contributed by atoms with Crippen molar-refractivity contribution in [1.29, 1.82) is 0 Å². The lowest BCUT2D eigenvalue weighted by atomic mass is 10.2. The Balaban J connectivity index is 1.88. The normalized spacial score (nSPS) is 11.0. The van der Waals surface area contributed by atoms with E-state index in [-0.39, 0.29) is 0 Å². The maximum absolute atomic E-state index is 5.84. The van der Waals surface area contributed by atoms with Gasteiger partial charge in [-0.15, -0.1) is 0 Å². The van der Waals surface area contributed by atoms with Gasteiger partial charge in [0.05, 0.1) is 12.3 Å². The smallest absolute Gasteiger partial charge is 0.119 e. The Kier molecular flexibility index (Phi) is 6.29. The van der Waals surface area contributed by atoms with Crippen molar-refractivity contribution in [3.05, 3.63) is 59.1 Å². The largest absolute Gasteiger partial charge is 0.494 e. The Labute approximate surface area is 131 Å². The number of hydrogen-bond acceptors (Lipinski definition) is 2. The van der Waals surface area contributed by atoms with Gasteiger partial charge in [0.15, 0.2) is 0 Å². The predicted molar refractivity (Wildman–Crippen MR) is 90.2 cm³/mol. The van der Waals surface area contributed by atoms with Crippen molar-refractivity contribution < 1.29 is 4.74 Å². The lowest BCUT2D eigenvalue weighted by Gasteiger charge is -2.05. The van der Waals surface area contributed by atoms with Crippen LogP contribution in [0.1, 0.15) is 31.7 Å². The minimum absolute atomic E-state index is 0.721. The topological polar surface area (TPSA) is 21.6 Å². The average Bonchev–Trinajstić information content (AvgIpc) is 2.52. The van der Waals surface area contributed by atoms with Gasteiger partial charge in [-0.3, -0.25) is 4.99 Å². The van der Waals surface area contributed by atoms with Gasteiger partial charge in [0.2, 0.25) is 0 Å². The van der Waals surface area contributed by atoms with Crippen molar-refractivity contribution in [1.82, 2.24) is 0 Å². The Bertz CT molecular complexity index is 561. The van der Waals surface area contributed by atoms with E-state index in [1.54, 1.807) is 0 Å². The predicted octanol–water partition coefficient (Wildman–Crippen LogP) is 5.66. The SMILES string of the molecule is CCCCCOc1ccc(C=Nc2ccc(Cl)cc2)cc1. The molecule has 3 heteroatoms. The standard InChI is InChI=1S/C18H20ClNO/c1-2-3-4-13-21-18-11-5-15(6-12-18)14-20-17-9-7-16(19)8-10-17/h5-12,14H,2-4,13H2,1H3. The quantitative estimate of drug-likeness (QED) is 0.477. The zero-order valence-electron chi connectivity index (χ0n) is 12.3. The van der Waals surface area contributed by atoms with E-state index < -0.39 is 0 Å². The number of ether oxygens (including phenoxy) is 1. The molecule has 0 atom stereocenters. The fraction of sp³-hybridized carbons (Fsp3) is 0.278. The zero-order chi connectivity index (χ0) is 14.9. The van der Waals surface area contributed by atoms with Crippen LogP contribution in [0.3, 0.4) is 0 Å². The van der Waals surface area contributed by atoms with Crippen molar-refractivity contribution in [2.45, 2.75) is 26.2 Å². The van der Waals surface area contributed by atoms with Gasteiger partial charge in [-0.1, -0.05) is 31.4 Å². The van der Waals surface area contributed by atoms with Gasteiger partial charge in [0.1, 0.15) is 5.75 Å². The summed E-state index contributed by atoms with van der Waals surface area (Å²) in [4.78, 5) is 4.41. The van der Waals surface area contributed by atoms with Crippen LogP contribution in [-0.2, 0) is 0 Å². The molecular formula is C18H20ClNO. The molecule has 0 aliphatic carbocycles. The van der Waals surface area contributed by atoms with Gasteiger partial charge >= 0.3 is 0 Å². The summed E-state index contributed by atoms with van der Waals surface area (Å²) in [5.74, 6) is 0.912. The Hall–Kier alpha value is -1.80. The number of rotatable bonds is 7. The van der Waals surface area contributed by atoms with Crippen molar-refractivity contribution in [2.75, 3.05) is 6.61 Å². The first-order valence-corrected chi connectivity index (χ1v) is 7.68. The highest BCUT2D eigenvalue weighted by Gasteiger charge is 1.95. The molecule has 2 aromatic rings. The maximum Gasteiger partial charge on any atom is 0.119 e. The first-order chi connectivity index (χ1) is 10.3. The Morgan fingerprint density at radius 1 is 1.00 bits per heavy atom. The molecule has 110 valence electrons. The number of halogens is 1. The maximum atomic E-state index is 5.84. The van der Waals surface area contributed by atoms with Crippen LogP contribution in [0.15, 0.2) is 53.5 Å². The summed E-state index contributed by atoms with van der Waals surface area (Å²) in [6, 6.07) is 15.4. The molecule has 0 bridgehead atoms. The van der Waals surface area contributed by atoms with E-state index in [2.05, 4.69) is 11.9 Å². The number of unbranched alkanes of at least 4 members (excludes halogenated alkanes) is 2. The average molecular weight is 302 g/mol. The lowest BCUT2D eigenvalue weighted by molar-refractivity contribution is 0.306. The van der Waals surface area contributed by atoms with Gasteiger partial charge in [-0.05, 0) is 60.5 Å². The van der Waals surface area contributed by atoms with Crippen LogP contribution in [0, 0.1) is 0 Å². The van der Waals surface area contributed by atoms with Gasteiger partial charge in [-0.25, -0.2) is 0 Å². The van der Waals surface area contributed by atoms with Crippen molar-refractivity contribution in [3.8, 4) is 5.75 Å². The van der Waals surface area contributed by atoms with Crippen LogP contribution >= 0.6 is 11.6 Å². The molecule has 0 N–H and O–H groups in total. The van der Waals surface area contributed by atoms with Crippen LogP contribution in [0.5, 0.6) is 5.75 Å². The molecule has 0 saturated carbocycles. The number of hydrogen-bond donors (Lipinski definition) is 0. The fourth-order valence-electron chi connectivity index (χ4n) is 1.87. The minimum atomic E-state index is 0.721. The summed E-state index contributed by atoms with van der Waals surface area (Å²) in [7, 11) is 0. The van der Waals surface area contributed by atoms with Gasteiger partial charge in [0, 0.05) is 11.2 Å². The highest BCUT2D eigenvalue weighted by molar-refractivity contribution is 6.30. The molecule has 21 heavy (non-hydrogen) atoms. The van der Waals surface area contributed by atoms with Crippen LogP contribution in [0.2, 0.25) is 5.02 Å². The van der Waals surface area contributed by atoms with Crippen molar-refractivity contribution >= 4 is 23.5 Å². The second-order valence-corrected chi connectivity index (χ2v) is 5.30. The zero-order valence-corrected chi connectivity index (χ0v) is 13.0. The lowest BCUT2D eigenvalue weighted by Crippen LogP contribution is -1.96. The van der Waals surface area contributed by atoms with E-state index in [1.807, 2.05) is 54.7 Å². The van der Waals surface area contributed by atoms with E-state index in [1.165, 1.54) is 12.8 Å². The molecule has 0 heterocycles. The summed E-state index contributed by atoms with van der Waals surface area (Å²) in [6.07, 6.45) is 5.37. The Morgan fingerprint density at radius 2 is 1.71 bits per heavy atom. The molecule has 0 fully saturated rings. The van der Waals surface area contributed by atoms with E-state index in [4.69, 9.17) is 16.3 Å². The molecule has 0 aliphatic rings. The molecular weight excluding hydrogens is 282 g/mol. The molecule has 2 nitrogen and oxygen atoms in total. The number of aliphatic imine (C=N–C) groups is 1. The van der Waals surface area contributed by atoms with Crippen LogP contribution in [0.25, 0.3) is 0 Å². The van der Waals surface area contributed by atoms with Gasteiger partial charge in [0.25, 0.3) is 0 Å². The molecule has 0 radical (unpaired) electrons. The van der Waals surface area contributed by atoms with Crippen LogP contribution < -0.4 is 4.74 Å². The molecule has 0 unspecified atom stereocenters. The van der Waals surface area contributed by atoms with E-state index in [0.29, 0.717) is 0 Å². The molecule has 0 saturated heterocycles. The number of benzene rings is 2. The molecule has 2 rings (SSSR count). The van der Waals surface area contributed by atoms with Crippen molar-refractivity contribution in [3.63, 3.8) is 0 Å². The first-order valence-electron chi connectivity index (χ1n) is 7.30. The van der Waals surface area contributed by atoms with Crippen LogP contribution in [0.4, 0.5) is 5.69 Å². The molecule has 0 aliphatic heterocycles. The summed E-state index contributed by atoms with van der Waals surface area (Å²) in [5, 5.41) is 0.721. The second kappa shape index (κ2) is 8.48. The summed E-state index contributed by atoms with van der Waals surface area (Å²) >= 11 is 5.84. The number of nitrogens with zero attached hydrogens (tertiary/aromatic N) is 1. The molecule has 0 aromatic heterocycles.